The van der Waals surface area contributed by atoms with Crippen LogP contribution in [0.15, 0.2) is 78.9 Å². The van der Waals surface area contributed by atoms with Crippen molar-refractivity contribution in [3.63, 3.8) is 0 Å². The third-order valence-electron chi connectivity index (χ3n) is 5.27. The third kappa shape index (κ3) is 4.10. The van der Waals surface area contributed by atoms with Crippen molar-refractivity contribution < 1.29 is 9.18 Å². The Labute approximate surface area is 194 Å². The fraction of sp³-hybridized carbons (Fsp3) is 0.0800. The molecule has 0 radical (unpaired) electrons. The minimum Gasteiger partial charge on any atom is -0.306 e. The normalized spacial score (nSPS) is 11.1. The first-order valence-electron chi connectivity index (χ1n) is 10.3. The van der Waals surface area contributed by atoms with E-state index in [-0.39, 0.29) is 5.56 Å². The Morgan fingerprint density at radius 3 is 2.55 bits per heavy atom. The van der Waals surface area contributed by atoms with Gasteiger partial charge in [0, 0.05) is 11.1 Å². The summed E-state index contributed by atoms with van der Waals surface area (Å²) < 4.78 is 17.7. The molecule has 5 rings (SSSR count). The number of benzene rings is 3. The number of rotatable bonds is 5. The van der Waals surface area contributed by atoms with Crippen molar-refractivity contribution in [2.45, 2.75) is 13.5 Å². The molecule has 0 saturated heterocycles. The van der Waals surface area contributed by atoms with E-state index in [0.717, 1.165) is 16.6 Å². The van der Waals surface area contributed by atoms with Gasteiger partial charge in [-0.3, -0.25) is 4.79 Å². The SMILES string of the molecule is Cc1cc(NC(=O)c2ccccc2F)n(-c2nc3ccccc3n2Cc2ccc(Cl)cc2)n1. The number of nitrogens with zero attached hydrogens (tertiary/aromatic N) is 4. The summed E-state index contributed by atoms with van der Waals surface area (Å²) in [4.78, 5) is 17.6. The lowest BCUT2D eigenvalue weighted by molar-refractivity contribution is 0.102. The molecule has 164 valence electrons. The number of nitrogens with one attached hydrogen (secondary N) is 1. The quantitative estimate of drug-likeness (QED) is 0.371. The van der Waals surface area contributed by atoms with E-state index in [0.29, 0.717) is 29.0 Å². The molecule has 1 amide bonds. The Kier molecular flexibility index (Phi) is 5.40. The van der Waals surface area contributed by atoms with Crippen LogP contribution in [0, 0.1) is 12.7 Å². The molecule has 0 fully saturated rings. The van der Waals surface area contributed by atoms with E-state index in [1.807, 2.05) is 60.0 Å². The predicted octanol–water partition coefficient (Wildman–Crippen LogP) is 5.62. The van der Waals surface area contributed by atoms with E-state index in [2.05, 4.69) is 10.4 Å². The fourth-order valence-corrected chi connectivity index (χ4v) is 3.85. The van der Waals surface area contributed by atoms with Gasteiger partial charge in [0.25, 0.3) is 5.91 Å². The highest BCUT2D eigenvalue weighted by Gasteiger charge is 2.20. The lowest BCUT2D eigenvalue weighted by atomic mass is 10.2. The number of anilines is 1. The van der Waals surface area contributed by atoms with Crippen LogP contribution in [-0.2, 0) is 6.54 Å². The third-order valence-corrected chi connectivity index (χ3v) is 5.52. The zero-order valence-electron chi connectivity index (χ0n) is 17.7. The van der Waals surface area contributed by atoms with Gasteiger partial charge < -0.3 is 9.88 Å². The molecule has 33 heavy (non-hydrogen) atoms. The minimum atomic E-state index is -0.590. The Balaban J connectivity index is 1.59. The van der Waals surface area contributed by atoms with Crippen molar-refractivity contribution >= 4 is 34.4 Å². The molecule has 0 saturated carbocycles. The van der Waals surface area contributed by atoms with E-state index >= 15 is 0 Å². The maximum Gasteiger partial charge on any atom is 0.259 e. The van der Waals surface area contributed by atoms with Crippen LogP contribution in [0.1, 0.15) is 21.6 Å². The van der Waals surface area contributed by atoms with Crippen LogP contribution in [0.25, 0.3) is 17.0 Å². The lowest BCUT2D eigenvalue weighted by Crippen LogP contribution is -2.18. The number of para-hydroxylation sites is 2. The number of aromatic nitrogens is 4. The fourth-order valence-electron chi connectivity index (χ4n) is 3.72. The van der Waals surface area contributed by atoms with E-state index in [1.54, 1.807) is 22.9 Å². The van der Waals surface area contributed by atoms with Gasteiger partial charge in [-0.1, -0.05) is 48.0 Å². The molecule has 6 nitrogen and oxygen atoms in total. The molecule has 0 unspecified atom stereocenters. The zero-order chi connectivity index (χ0) is 22.9. The first-order chi connectivity index (χ1) is 16.0. The summed E-state index contributed by atoms with van der Waals surface area (Å²) >= 11 is 6.05. The monoisotopic (exact) mass is 459 g/mol. The number of carbonyl (C=O) groups is 1. The van der Waals surface area contributed by atoms with Gasteiger partial charge >= 0.3 is 0 Å². The maximum absolute atomic E-state index is 14.1. The van der Waals surface area contributed by atoms with E-state index in [9.17, 15) is 9.18 Å². The largest absolute Gasteiger partial charge is 0.306 e. The van der Waals surface area contributed by atoms with Crippen LogP contribution in [0.3, 0.4) is 0 Å². The Morgan fingerprint density at radius 2 is 1.76 bits per heavy atom. The van der Waals surface area contributed by atoms with Gasteiger partial charge in [-0.2, -0.15) is 9.78 Å². The second-order valence-electron chi connectivity index (χ2n) is 7.63. The van der Waals surface area contributed by atoms with Gasteiger partial charge in [0.15, 0.2) is 0 Å². The number of fused-ring (bicyclic) bond motifs is 1. The summed E-state index contributed by atoms with van der Waals surface area (Å²) in [5.74, 6) is -0.223. The number of hydrogen-bond acceptors (Lipinski definition) is 3. The van der Waals surface area contributed by atoms with E-state index < -0.39 is 11.7 Å². The maximum atomic E-state index is 14.1. The highest BCUT2D eigenvalue weighted by molar-refractivity contribution is 6.30. The second-order valence-corrected chi connectivity index (χ2v) is 8.07. The van der Waals surface area contributed by atoms with Crippen molar-refractivity contribution in [3.05, 3.63) is 107 Å². The number of carbonyl (C=O) groups excluding carboxylic acids is 1. The molecule has 5 aromatic rings. The molecule has 8 heteroatoms. The van der Waals surface area contributed by atoms with Crippen molar-refractivity contribution in [2.75, 3.05) is 5.32 Å². The van der Waals surface area contributed by atoms with Gasteiger partial charge in [0.1, 0.15) is 11.6 Å². The molecular weight excluding hydrogens is 441 g/mol. The summed E-state index contributed by atoms with van der Waals surface area (Å²) in [6.45, 7) is 2.34. The van der Waals surface area contributed by atoms with Crippen LogP contribution in [0.5, 0.6) is 0 Å². The van der Waals surface area contributed by atoms with Crippen LogP contribution < -0.4 is 5.32 Å². The van der Waals surface area contributed by atoms with Gasteiger partial charge in [-0.25, -0.2) is 9.37 Å². The zero-order valence-corrected chi connectivity index (χ0v) is 18.4. The standard InChI is InChI=1S/C25H19ClFN5O/c1-16-14-23(29-24(33)19-6-2-3-7-20(19)27)32(30-16)25-28-21-8-4-5-9-22(21)31(25)15-17-10-12-18(26)13-11-17/h2-14H,15H2,1H3,(H,29,33). The molecule has 2 heterocycles. The van der Waals surface area contributed by atoms with Gasteiger partial charge in [-0.15, -0.1) is 0 Å². The molecule has 3 aromatic carbocycles. The molecular formula is C25H19ClFN5O. The van der Waals surface area contributed by atoms with Crippen LogP contribution in [0.2, 0.25) is 5.02 Å². The van der Waals surface area contributed by atoms with Crippen molar-refractivity contribution in [3.8, 4) is 5.95 Å². The highest BCUT2D eigenvalue weighted by atomic mass is 35.5. The van der Waals surface area contributed by atoms with Crippen LogP contribution in [-0.4, -0.2) is 25.2 Å². The summed E-state index contributed by atoms with van der Waals surface area (Å²) in [6.07, 6.45) is 0. The molecule has 1 N–H and O–H groups in total. The molecule has 2 aromatic heterocycles. The first kappa shape index (κ1) is 20.9. The molecule has 0 bridgehead atoms. The van der Waals surface area contributed by atoms with Gasteiger partial charge in [0.05, 0.1) is 28.8 Å². The Morgan fingerprint density at radius 1 is 1.03 bits per heavy atom. The average molecular weight is 460 g/mol. The van der Waals surface area contributed by atoms with Crippen molar-refractivity contribution in [2.24, 2.45) is 0 Å². The molecule has 0 aliphatic heterocycles. The van der Waals surface area contributed by atoms with E-state index in [1.165, 1.54) is 12.1 Å². The minimum absolute atomic E-state index is 0.0439. The molecule has 0 aliphatic carbocycles. The van der Waals surface area contributed by atoms with E-state index in [4.69, 9.17) is 16.6 Å². The second kappa shape index (κ2) is 8.52. The smallest absolute Gasteiger partial charge is 0.259 e. The predicted molar refractivity (Wildman–Crippen MR) is 126 cm³/mol. The number of hydrogen-bond donors (Lipinski definition) is 1. The number of halogens is 2. The summed E-state index contributed by atoms with van der Waals surface area (Å²) in [5.41, 5.74) is 3.38. The Hall–Kier alpha value is -3.97. The molecule has 0 atom stereocenters. The average Bonchev–Trinajstić information content (AvgIpc) is 3.35. The first-order valence-corrected chi connectivity index (χ1v) is 10.7. The van der Waals surface area contributed by atoms with Crippen LogP contribution >= 0.6 is 11.6 Å². The van der Waals surface area contributed by atoms with Gasteiger partial charge in [0.2, 0.25) is 5.95 Å². The number of amides is 1. The topological polar surface area (TPSA) is 64.7 Å². The summed E-state index contributed by atoms with van der Waals surface area (Å²) in [7, 11) is 0. The van der Waals surface area contributed by atoms with Gasteiger partial charge in [-0.05, 0) is 48.9 Å². The van der Waals surface area contributed by atoms with Crippen molar-refractivity contribution in [1.82, 2.24) is 19.3 Å². The lowest BCUT2D eigenvalue weighted by Gasteiger charge is -2.12. The summed E-state index contributed by atoms with van der Waals surface area (Å²) in [6, 6.07) is 22.9. The number of aryl methyl sites for hydroxylation is 1. The van der Waals surface area contributed by atoms with Crippen LogP contribution in [0.4, 0.5) is 10.2 Å². The van der Waals surface area contributed by atoms with Crippen molar-refractivity contribution in [1.29, 1.82) is 0 Å². The number of imidazole rings is 1. The summed E-state index contributed by atoms with van der Waals surface area (Å²) in [5, 5.41) is 8.01. The highest BCUT2D eigenvalue weighted by Crippen LogP contribution is 2.25. The Bertz CT molecular complexity index is 1470. The molecule has 0 spiro atoms. The molecule has 0 aliphatic rings.